The van der Waals surface area contributed by atoms with Crippen LogP contribution in [0.3, 0.4) is 0 Å². The Balaban J connectivity index is 1.73. The minimum Gasteiger partial charge on any atom is -0.468 e. The van der Waals surface area contributed by atoms with E-state index in [0.29, 0.717) is 5.56 Å². The number of hydrogen-bond donors (Lipinski definition) is 1. The Hall–Kier alpha value is -1.96. The van der Waals surface area contributed by atoms with Gasteiger partial charge in [0.05, 0.1) is 17.2 Å². The van der Waals surface area contributed by atoms with Crippen LogP contribution in [0.5, 0.6) is 0 Å². The number of carbonyl (C=O) groups is 1. The number of nitrogens with zero attached hydrogens (tertiary/aromatic N) is 1. The molecule has 0 amide bonds. The van der Waals surface area contributed by atoms with Gasteiger partial charge in [0.2, 0.25) is 10.0 Å². The minimum atomic E-state index is -3.65. The highest BCUT2D eigenvalue weighted by Crippen LogP contribution is 2.25. The zero-order chi connectivity index (χ0) is 17.9. The molecule has 1 saturated heterocycles. The molecule has 1 aliphatic heterocycles. The summed E-state index contributed by atoms with van der Waals surface area (Å²) in [4.78, 5) is 13.7. The molecule has 1 N–H and O–H groups in total. The lowest BCUT2D eigenvalue weighted by atomic mass is 10.2. The lowest BCUT2D eigenvalue weighted by Gasteiger charge is -2.25. The van der Waals surface area contributed by atoms with Crippen molar-refractivity contribution in [2.75, 3.05) is 19.6 Å². The van der Waals surface area contributed by atoms with Crippen LogP contribution in [0.1, 0.15) is 41.9 Å². The van der Waals surface area contributed by atoms with Crippen LogP contribution >= 0.6 is 0 Å². The van der Waals surface area contributed by atoms with Crippen molar-refractivity contribution < 1.29 is 17.6 Å². The van der Waals surface area contributed by atoms with Crippen molar-refractivity contribution in [1.82, 2.24) is 9.62 Å². The second-order valence-electron chi connectivity index (χ2n) is 6.21. The lowest BCUT2D eigenvalue weighted by molar-refractivity contribution is 0.101. The molecular formula is C18H22N2O4S. The van der Waals surface area contributed by atoms with E-state index in [1.54, 1.807) is 6.26 Å². The second kappa shape index (κ2) is 7.51. The Bertz CT molecular complexity index is 807. The van der Waals surface area contributed by atoms with E-state index in [9.17, 15) is 13.2 Å². The van der Waals surface area contributed by atoms with Crippen molar-refractivity contribution in [2.24, 2.45) is 0 Å². The molecule has 1 fully saturated rings. The molecule has 0 bridgehead atoms. The Labute approximate surface area is 147 Å². The highest BCUT2D eigenvalue weighted by molar-refractivity contribution is 7.89. The predicted octanol–water partition coefficient (Wildman–Crippen LogP) is 2.60. The van der Waals surface area contributed by atoms with Gasteiger partial charge < -0.3 is 4.42 Å². The zero-order valence-corrected chi connectivity index (χ0v) is 15.0. The SMILES string of the molecule is CC(=O)c1ccc(S(=O)(=O)NCC(c2ccco2)N2CCCC2)cc1. The fourth-order valence-electron chi connectivity index (χ4n) is 3.08. The summed E-state index contributed by atoms with van der Waals surface area (Å²) in [7, 11) is -3.65. The predicted molar refractivity (Wildman–Crippen MR) is 93.9 cm³/mol. The number of rotatable bonds is 7. The highest BCUT2D eigenvalue weighted by Gasteiger charge is 2.27. The van der Waals surface area contributed by atoms with Crippen LogP contribution in [-0.4, -0.2) is 38.7 Å². The van der Waals surface area contributed by atoms with Gasteiger partial charge in [-0.05, 0) is 57.1 Å². The maximum Gasteiger partial charge on any atom is 0.240 e. The van der Waals surface area contributed by atoms with Gasteiger partial charge in [0.15, 0.2) is 5.78 Å². The van der Waals surface area contributed by atoms with Gasteiger partial charge in [-0.2, -0.15) is 0 Å². The number of benzene rings is 1. The molecule has 1 atom stereocenters. The Kier molecular flexibility index (Phi) is 5.36. The maximum atomic E-state index is 12.6. The Morgan fingerprint density at radius 3 is 2.44 bits per heavy atom. The monoisotopic (exact) mass is 362 g/mol. The topological polar surface area (TPSA) is 79.6 Å². The number of ketones is 1. The van der Waals surface area contributed by atoms with Crippen LogP contribution in [0.4, 0.5) is 0 Å². The summed E-state index contributed by atoms with van der Waals surface area (Å²) in [5, 5.41) is 0. The first-order valence-corrected chi connectivity index (χ1v) is 9.84. The van der Waals surface area contributed by atoms with Gasteiger partial charge in [-0.25, -0.2) is 13.1 Å². The normalized spacial score (nSPS) is 16.8. The van der Waals surface area contributed by atoms with Gasteiger partial charge in [-0.3, -0.25) is 9.69 Å². The van der Waals surface area contributed by atoms with Crippen LogP contribution < -0.4 is 4.72 Å². The van der Waals surface area contributed by atoms with Crippen LogP contribution in [0.15, 0.2) is 52.0 Å². The highest BCUT2D eigenvalue weighted by atomic mass is 32.2. The Morgan fingerprint density at radius 2 is 1.88 bits per heavy atom. The number of Topliss-reactive ketones (excluding diaryl/α,β-unsaturated/α-hetero) is 1. The van der Waals surface area contributed by atoms with Crippen LogP contribution in [0.2, 0.25) is 0 Å². The van der Waals surface area contributed by atoms with Crippen molar-refractivity contribution in [3.8, 4) is 0 Å². The summed E-state index contributed by atoms with van der Waals surface area (Å²) < 4.78 is 33.3. The van der Waals surface area contributed by atoms with E-state index in [-0.39, 0.29) is 23.3 Å². The molecule has 6 nitrogen and oxygen atoms in total. The molecule has 1 aromatic heterocycles. The van der Waals surface area contributed by atoms with Gasteiger partial charge in [0.1, 0.15) is 5.76 Å². The molecule has 134 valence electrons. The molecule has 0 radical (unpaired) electrons. The zero-order valence-electron chi connectivity index (χ0n) is 14.1. The number of furan rings is 1. The molecular weight excluding hydrogens is 340 g/mol. The molecule has 1 aromatic carbocycles. The summed E-state index contributed by atoms with van der Waals surface area (Å²) in [6.45, 7) is 3.55. The summed E-state index contributed by atoms with van der Waals surface area (Å²) in [6.07, 6.45) is 3.82. The fourth-order valence-corrected chi connectivity index (χ4v) is 4.12. The molecule has 7 heteroatoms. The largest absolute Gasteiger partial charge is 0.468 e. The van der Waals surface area contributed by atoms with Crippen molar-refractivity contribution >= 4 is 15.8 Å². The van der Waals surface area contributed by atoms with Gasteiger partial charge in [-0.15, -0.1) is 0 Å². The maximum absolute atomic E-state index is 12.6. The molecule has 0 saturated carbocycles. The van der Waals surface area contributed by atoms with E-state index < -0.39 is 10.0 Å². The lowest BCUT2D eigenvalue weighted by Crippen LogP contribution is -2.36. The third-order valence-electron chi connectivity index (χ3n) is 4.49. The average Bonchev–Trinajstić information content (AvgIpc) is 3.29. The molecule has 25 heavy (non-hydrogen) atoms. The summed E-state index contributed by atoms with van der Waals surface area (Å²) in [6, 6.07) is 9.53. The molecule has 0 spiro atoms. The van der Waals surface area contributed by atoms with Crippen molar-refractivity contribution in [3.63, 3.8) is 0 Å². The first-order valence-electron chi connectivity index (χ1n) is 8.35. The van der Waals surface area contributed by atoms with Gasteiger partial charge in [0.25, 0.3) is 0 Å². The molecule has 3 rings (SSSR count). The van der Waals surface area contributed by atoms with E-state index >= 15 is 0 Å². The summed E-state index contributed by atoms with van der Waals surface area (Å²) >= 11 is 0. The molecule has 2 heterocycles. The van der Waals surface area contributed by atoms with Crippen molar-refractivity contribution in [2.45, 2.75) is 30.7 Å². The van der Waals surface area contributed by atoms with E-state index in [0.717, 1.165) is 31.7 Å². The first kappa shape index (κ1) is 17.8. The second-order valence-corrected chi connectivity index (χ2v) is 7.97. The third kappa shape index (κ3) is 4.18. The van der Waals surface area contributed by atoms with E-state index in [1.807, 2.05) is 12.1 Å². The smallest absolute Gasteiger partial charge is 0.240 e. The van der Waals surface area contributed by atoms with Crippen molar-refractivity contribution in [3.05, 3.63) is 54.0 Å². The minimum absolute atomic E-state index is 0.0937. The van der Waals surface area contributed by atoms with Crippen LogP contribution in [0, 0.1) is 0 Å². The van der Waals surface area contributed by atoms with Crippen LogP contribution in [0.25, 0.3) is 0 Å². The van der Waals surface area contributed by atoms with Crippen LogP contribution in [-0.2, 0) is 10.0 Å². The molecule has 1 aliphatic rings. The quantitative estimate of drug-likeness (QED) is 0.766. The summed E-state index contributed by atoms with van der Waals surface area (Å²) in [5.41, 5.74) is 0.490. The number of likely N-dealkylation sites (tertiary alicyclic amines) is 1. The summed E-state index contributed by atoms with van der Waals surface area (Å²) in [5.74, 6) is 0.667. The number of sulfonamides is 1. The van der Waals surface area contributed by atoms with E-state index in [4.69, 9.17) is 4.42 Å². The van der Waals surface area contributed by atoms with Crippen molar-refractivity contribution in [1.29, 1.82) is 0 Å². The standard InChI is InChI=1S/C18H22N2O4S/c1-14(21)15-6-8-16(9-7-15)25(22,23)19-13-17(18-5-4-12-24-18)20-10-2-3-11-20/h4-9,12,17,19H,2-3,10-11,13H2,1H3. The van der Waals surface area contributed by atoms with Gasteiger partial charge in [-0.1, -0.05) is 12.1 Å². The number of nitrogens with one attached hydrogen (secondary N) is 1. The number of carbonyl (C=O) groups excluding carboxylic acids is 1. The Morgan fingerprint density at radius 1 is 1.20 bits per heavy atom. The molecule has 0 aliphatic carbocycles. The molecule has 2 aromatic rings. The van der Waals surface area contributed by atoms with E-state index in [1.165, 1.54) is 31.2 Å². The van der Waals surface area contributed by atoms with Gasteiger partial charge in [0, 0.05) is 12.1 Å². The molecule has 1 unspecified atom stereocenters. The average molecular weight is 362 g/mol. The van der Waals surface area contributed by atoms with Gasteiger partial charge >= 0.3 is 0 Å². The van der Waals surface area contributed by atoms with E-state index in [2.05, 4.69) is 9.62 Å². The first-order chi connectivity index (χ1) is 12.0. The third-order valence-corrected chi connectivity index (χ3v) is 5.93. The fraction of sp³-hybridized carbons (Fsp3) is 0.389. The number of hydrogen-bond acceptors (Lipinski definition) is 5.